The maximum Gasteiger partial charge on any atom is 0.371 e. The Balaban J connectivity index is 2.79. The first-order valence-corrected chi connectivity index (χ1v) is 4.74. The van der Waals surface area contributed by atoms with E-state index in [0.717, 1.165) is 0 Å². The van der Waals surface area contributed by atoms with Crippen LogP contribution in [0.2, 0.25) is 0 Å². The summed E-state index contributed by atoms with van der Waals surface area (Å²) in [6.07, 6.45) is 0. The fourth-order valence-corrected chi connectivity index (χ4v) is 1.47. The van der Waals surface area contributed by atoms with Crippen molar-refractivity contribution >= 4 is 16.8 Å². The fraction of sp³-hybridized carbons (Fsp3) is 0.286. The van der Waals surface area contributed by atoms with Crippen LogP contribution in [0.3, 0.4) is 0 Å². The number of aromatic carboxylic acids is 1. The first-order valence-electron chi connectivity index (χ1n) is 3.42. The summed E-state index contributed by atoms with van der Waals surface area (Å²) in [5.41, 5.74) is 0. The summed E-state index contributed by atoms with van der Waals surface area (Å²) in [4.78, 5) is 10.3. The minimum atomic E-state index is -1.58. The molecule has 0 aliphatic heterocycles. The molecule has 0 radical (unpaired) electrons. The summed E-state index contributed by atoms with van der Waals surface area (Å²) < 4.78 is 27.5. The van der Waals surface area contributed by atoms with Gasteiger partial charge in [0.05, 0.1) is 16.6 Å². The molecule has 4 nitrogen and oxygen atoms in total. The lowest BCUT2D eigenvalue weighted by atomic mass is 10.5. The van der Waals surface area contributed by atoms with Crippen molar-refractivity contribution in [1.29, 1.82) is 0 Å². The lowest BCUT2D eigenvalue weighted by Gasteiger charge is -1.92. The summed E-state index contributed by atoms with van der Waals surface area (Å²) in [7, 11) is -1.58. The molecule has 1 rings (SSSR count). The highest BCUT2D eigenvalue weighted by atomic mass is 32.2. The summed E-state index contributed by atoms with van der Waals surface area (Å²) in [5, 5.41) is 8.44. The molecule has 0 aliphatic carbocycles. The average molecular weight is 206 g/mol. The van der Waals surface area contributed by atoms with Gasteiger partial charge in [-0.3, -0.25) is 8.60 Å². The third-order valence-electron chi connectivity index (χ3n) is 1.28. The molecule has 72 valence electrons. The number of hydrogen-bond donors (Lipinski definition) is 1. The van der Waals surface area contributed by atoms with E-state index in [-0.39, 0.29) is 16.6 Å². The van der Waals surface area contributed by atoms with Gasteiger partial charge in [0.1, 0.15) is 6.67 Å². The van der Waals surface area contributed by atoms with Crippen molar-refractivity contribution in [3.63, 3.8) is 0 Å². The van der Waals surface area contributed by atoms with Crippen LogP contribution in [-0.2, 0) is 10.8 Å². The highest BCUT2D eigenvalue weighted by Crippen LogP contribution is 2.12. The maximum absolute atomic E-state index is 11.7. The van der Waals surface area contributed by atoms with Gasteiger partial charge < -0.3 is 9.52 Å². The van der Waals surface area contributed by atoms with Gasteiger partial charge in [-0.05, 0) is 12.1 Å². The van der Waals surface area contributed by atoms with Crippen LogP contribution >= 0.6 is 0 Å². The first-order chi connectivity index (χ1) is 6.15. The van der Waals surface area contributed by atoms with Crippen molar-refractivity contribution in [2.75, 3.05) is 12.4 Å². The zero-order valence-electron chi connectivity index (χ0n) is 6.53. The summed E-state index contributed by atoms with van der Waals surface area (Å²) >= 11 is 0. The fourth-order valence-electron chi connectivity index (χ4n) is 0.728. The van der Waals surface area contributed by atoms with Gasteiger partial charge in [-0.25, -0.2) is 4.79 Å². The molecule has 0 amide bonds. The third-order valence-corrected chi connectivity index (χ3v) is 2.47. The van der Waals surface area contributed by atoms with E-state index in [1.807, 2.05) is 0 Å². The van der Waals surface area contributed by atoms with E-state index in [1.165, 1.54) is 12.1 Å². The second-order valence-corrected chi connectivity index (χ2v) is 3.66. The number of carbonyl (C=O) groups is 1. The second kappa shape index (κ2) is 4.18. The Morgan fingerprint density at radius 1 is 1.62 bits per heavy atom. The molecule has 0 bridgehead atoms. The van der Waals surface area contributed by atoms with Crippen LogP contribution < -0.4 is 0 Å². The Kier molecular flexibility index (Phi) is 3.18. The molecule has 1 aromatic heterocycles. The van der Waals surface area contributed by atoms with Gasteiger partial charge in [0, 0.05) is 0 Å². The molecular weight excluding hydrogens is 199 g/mol. The molecule has 0 aromatic carbocycles. The second-order valence-electron chi connectivity index (χ2n) is 2.16. The number of hydrogen-bond acceptors (Lipinski definition) is 3. The van der Waals surface area contributed by atoms with Gasteiger partial charge in [-0.1, -0.05) is 0 Å². The van der Waals surface area contributed by atoms with Gasteiger partial charge >= 0.3 is 5.97 Å². The van der Waals surface area contributed by atoms with Crippen molar-refractivity contribution in [2.24, 2.45) is 0 Å². The van der Waals surface area contributed by atoms with Crippen LogP contribution in [0, 0.1) is 0 Å². The number of halogens is 1. The van der Waals surface area contributed by atoms with Crippen LogP contribution in [0.4, 0.5) is 4.39 Å². The number of alkyl halides is 1. The molecule has 6 heteroatoms. The van der Waals surface area contributed by atoms with Crippen molar-refractivity contribution < 1.29 is 22.9 Å². The molecule has 1 N–H and O–H groups in total. The molecule has 0 saturated carbocycles. The normalized spacial score (nSPS) is 12.7. The Hall–Kier alpha value is -1.17. The number of rotatable bonds is 4. The van der Waals surface area contributed by atoms with Gasteiger partial charge in [0.2, 0.25) is 5.76 Å². The molecule has 1 atom stereocenters. The highest BCUT2D eigenvalue weighted by molar-refractivity contribution is 7.84. The quantitative estimate of drug-likeness (QED) is 0.799. The monoisotopic (exact) mass is 206 g/mol. The van der Waals surface area contributed by atoms with Crippen LogP contribution in [0.15, 0.2) is 21.6 Å². The Morgan fingerprint density at radius 2 is 2.31 bits per heavy atom. The third kappa shape index (κ3) is 2.38. The SMILES string of the molecule is O=C(O)c1ccc(S(=O)CCF)o1. The zero-order chi connectivity index (χ0) is 9.84. The number of carboxylic acid groups (broad SMARTS) is 1. The lowest BCUT2D eigenvalue weighted by Crippen LogP contribution is -1.98. The Morgan fingerprint density at radius 3 is 2.77 bits per heavy atom. The minimum absolute atomic E-state index is 0.00458. The van der Waals surface area contributed by atoms with Crippen LogP contribution in [-0.4, -0.2) is 27.7 Å². The average Bonchev–Trinajstić information content (AvgIpc) is 2.52. The van der Waals surface area contributed by atoms with Crippen molar-refractivity contribution in [1.82, 2.24) is 0 Å². The molecule has 1 heterocycles. The molecule has 1 unspecified atom stereocenters. The van der Waals surface area contributed by atoms with E-state index in [4.69, 9.17) is 9.52 Å². The molecule has 13 heavy (non-hydrogen) atoms. The van der Waals surface area contributed by atoms with Crippen LogP contribution in [0.25, 0.3) is 0 Å². The van der Waals surface area contributed by atoms with E-state index in [9.17, 15) is 13.4 Å². The van der Waals surface area contributed by atoms with Crippen LogP contribution in [0.5, 0.6) is 0 Å². The minimum Gasteiger partial charge on any atom is -0.475 e. The van der Waals surface area contributed by atoms with Crippen molar-refractivity contribution in [3.8, 4) is 0 Å². The van der Waals surface area contributed by atoms with Crippen LogP contribution in [0.1, 0.15) is 10.6 Å². The molecule has 0 spiro atoms. The van der Waals surface area contributed by atoms with Gasteiger partial charge in [-0.2, -0.15) is 0 Å². The van der Waals surface area contributed by atoms with Gasteiger partial charge in [0.15, 0.2) is 5.09 Å². The van der Waals surface area contributed by atoms with E-state index in [1.54, 1.807) is 0 Å². The molecule has 0 fully saturated rings. The van der Waals surface area contributed by atoms with E-state index in [2.05, 4.69) is 0 Å². The molecular formula is C7H7FO4S. The Bertz CT molecular complexity index is 333. The molecule has 1 aromatic rings. The first kappa shape index (κ1) is 9.91. The van der Waals surface area contributed by atoms with Crippen molar-refractivity contribution in [3.05, 3.63) is 17.9 Å². The molecule has 0 aliphatic rings. The summed E-state index contributed by atoms with van der Waals surface area (Å²) in [5.74, 6) is -1.70. The van der Waals surface area contributed by atoms with E-state index in [0.29, 0.717) is 0 Å². The summed E-state index contributed by atoms with van der Waals surface area (Å²) in [6, 6.07) is 2.46. The topological polar surface area (TPSA) is 67.5 Å². The maximum atomic E-state index is 11.7. The standard InChI is InChI=1S/C7H7FO4S/c8-3-4-13(11)6-2-1-5(12-6)7(9)10/h1-2H,3-4H2,(H,9,10). The highest BCUT2D eigenvalue weighted by Gasteiger charge is 2.12. The van der Waals surface area contributed by atoms with Crippen molar-refractivity contribution in [2.45, 2.75) is 5.09 Å². The lowest BCUT2D eigenvalue weighted by molar-refractivity contribution is 0.0656. The number of furan rings is 1. The number of carboxylic acids is 1. The summed E-state index contributed by atoms with van der Waals surface area (Å²) in [6.45, 7) is -0.726. The smallest absolute Gasteiger partial charge is 0.371 e. The van der Waals surface area contributed by atoms with Gasteiger partial charge in [-0.15, -0.1) is 0 Å². The van der Waals surface area contributed by atoms with Gasteiger partial charge in [0.25, 0.3) is 0 Å². The molecule has 0 saturated heterocycles. The predicted molar refractivity (Wildman–Crippen MR) is 42.9 cm³/mol. The largest absolute Gasteiger partial charge is 0.475 e. The Labute approximate surface area is 75.8 Å². The predicted octanol–water partition coefficient (Wildman–Crippen LogP) is 1.05. The zero-order valence-corrected chi connectivity index (χ0v) is 7.34. The van der Waals surface area contributed by atoms with E-state index < -0.39 is 23.4 Å². The van der Waals surface area contributed by atoms with E-state index >= 15 is 0 Å².